The Morgan fingerprint density at radius 2 is 1.74 bits per heavy atom. The summed E-state index contributed by atoms with van der Waals surface area (Å²) in [6.07, 6.45) is 4.16. The van der Waals surface area contributed by atoms with Gasteiger partial charge in [-0.2, -0.15) is 5.10 Å². The van der Waals surface area contributed by atoms with E-state index in [4.69, 9.17) is 0 Å². The van der Waals surface area contributed by atoms with E-state index in [0.29, 0.717) is 0 Å². The van der Waals surface area contributed by atoms with Crippen molar-refractivity contribution < 1.29 is 4.79 Å². The number of aromatic amines is 1. The summed E-state index contributed by atoms with van der Waals surface area (Å²) in [6.45, 7) is 2.81. The largest absolute Gasteiger partial charge is 0.342 e. The van der Waals surface area contributed by atoms with Gasteiger partial charge in [-0.3, -0.25) is 9.89 Å². The monoisotopic (exact) mass is 361 g/mol. The van der Waals surface area contributed by atoms with Gasteiger partial charge in [0.05, 0.1) is 5.69 Å². The first kappa shape index (κ1) is 18.9. The highest BCUT2D eigenvalue weighted by atomic mass is 16.2. The molecule has 0 saturated heterocycles. The van der Waals surface area contributed by atoms with E-state index >= 15 is 0 Å². The van der Waals surface area contributed by atoms with Crippen LogP contribution in [-0.4, -0.2) is 34.6 Å². The maximum Gasteiger partial charge on any atom is 0.253 e. The predicted molar refractivity (Wildman–Crippen MR) is 110 cm³/mol. The summed E-state index contributed by atoms with van der Waals surface area (Å²) < 4.78 is 0. The summed E-state index contributed by atoms with van der Waals surface area (Å²) in [7, 11) is 1.88. The molecule has 0 aliphatic carbocycles. The number of aromatic nitrogens is 2. The van der Waals surface area contributed by atoms with Crippen LogP contribution in [0.15, 0.2) is 60.7 Å². The number of aryl methyl sites for hydroxylation is 2. The molecule has 140 valence electrons. The number of nitrogens with zero attached hydrogens (tertiary/aromatic N) is 2. The highest BCUT2D eigenvalue weighted by Gasteiger charge is 2.10. The predicted octanol–water partition coefficient (Wildman–Crippen LogP) is 4.87. The fraction of sp³-hybridized carbons (Fsp3) is 0.304. The number of carbonyl (C=O) groups excluding carboxylic acids is 1. The normalized spacial score (nSPS) is 10.7. The number of hydrogen-bond donors (Lipinski definition) is 1. The van der Waals surface area contributed by atoms with Crippen LogP contribution in [-0.2, 0) is 6.42 Å². The number of benzene rings is 2. The zero-order chi connectivity index (χ0) is 19.1. The molecular formula is C23H27N3O. The maximum absolute atomic E-state index is 12.4. The zero-order valence-corrected chi connectivity index (χ0v) is 16.1. The summed E-state index contributed by atoms with van der Waals surface area (Å²) in [5, 5.41) is 7.53. The lowest BCUT2D eigenvalue weighted by Gasteiger charge is -2.17. The highest BCUT2D eigenvalue weighted by molar-refractivity contribution is 5.94. The first-order valence-electron chi connectivity index (χ1n) is 9.55. The van der Waals surface area contributed by atoms with Crippen molar-refractivity contribution in [1.29, 1.82) is 0 Å². The van der Waals surface area contributed by atoms with Crippen LogP contribution < -0.4 is 0 Å². The minimum absolute atomic E-state index is 0.0936. The molecule has 1 N–H and O–H groups in total. The van der Waals surface area contributed by atoms with E-state index in [9.17, 15) is 4.79 Å². The Morgan fingerprint density at radius 3 is 2.48 bits per heavy atom. The Kier molecular flexibility index (Phi) is 6.42. The topological polar surface area (TPSA) is 49.0 Å². The van der Waals surface area contributed by atoms with Crippen LogP contribution in [0.25, 0.3) is 11.3 Å². The third-order valence-electron chi connectivity index (χ3n) is 4.79. The van der Waals surface area contributed by atoms with Crippen molar-refractivity contribution >= 4 is 5.91 Å². The van der Waals surface area contributed by atoms with E-state index in [1.165, 1.54) is 5.56 Å². The van der Waals surface area contributed by atoms with E-state index in [0.717, 1.165) is 54.7 Å². The number of hydrogen-bond acceptors (Lipinski definition) is 2. The molecule has 0 unspecified atom stereocenters. The van der Waals surface area contributed by atoms with E-state index < -0.39 is 0 Å². The van der Waals surface area contributed by atoms with Crippen molar-refractivity contribution in [1.82, 2.24) is 15.1 Å². The van der Waals surface area contributed by atoms with Gasteiger partial charge in [-0.1, -0.05) is 54.4 Å². The quantitative estimate of drug-likeness (QED) is 0.582. The fourth-order valence-corrected chi connectivity index (χ4v) is 3.11. The summed E-state index contributed by atoms with van der Waals surface area (Å²) in [4.78, 5) is 14.2. The summed E-state index contributed by atoms with van der Waals surface area (Å²) >= 11 is 0. The van der Waals surface area contributed by atoms with E-state index in [-0.39, 0.29) is 5.91 Å². The molecule has 1 amide bonds. The highest BCUT2D eigenvalue weighted by Crippen LogP contribution is 2.18. The number of carbonyl (C=O) groups is 1. The molecule has 0 aliphatic heterocycles. The molecule has 3 rings (SSSR count). The minimum atomic E-state index is 0.0936. The third kappa shape index (κ3) is 5.30. The van der Waals surface area contributed by atoms with Crippen LogP contribution in [0.4, 0.5) is 0 Å². The van der Waals surface area contributed by atoms with Gasteiger partial charge in [0.15, 0.2) is 0 Å². The van der Waals surface area contributed by atoms with Gasteiger partial charge in [-0.15, -0.1) is 0 Å². The average molecular weight is 361 g/mol. The van der Waals surface area contributed by atoms with Crippen LogP contribution >= 0.6 is 0 Å². The van der Waals surface area contributed by atoms with Crippen molar-refractivity contribution in [2.45, 2.75) is 32.6 Å². The van der Waals surface area contributed by atoms with E-state index in [1.807, 2.05) is 61.3 Å². The van der Waals surface area contributed by atoms with Gasteiger partial charge in [-0.25, -0.2) is 0 Å². The Bertz CT molecular complexity index is 853. The zero-order valence-electron chi connectivity index (χ0n) is 16.1. The molecular weight excluding hydrogens is 334 g/mol. The van der Waals surface area contributed by atoms with Crippen LogP contribution in [0.1, 0.15) is 40.9 Å². The van der Waals surface area contributed by atoms with Gasteiger partial charge in [-0.05, 0) is 44.4 Å². The van der Waals surface area contributed by atoms with E-state index in [2.05, 4.69) is 28.4 Å². The van der Waals surface area contributed by atoms with Gasteiger partial charge < -0.3 is 4.90 Å². The summed E-state index contributed by atoms with van der Waals surface area (Å²) in [5.74, 6) is 0.0936. The van der Waals surface area contributed by atoms with Crippen molar-refractivity contribution in [3.05, 3.63) is 77.5 Å². The van der Waals surface area contributed by atoms with Crippen LogP contribution in [0.2, 0.25) is 0 Å². The Balaban J connectivity index is 1.38. The fourth-order valence-electron chi connectivity index (χ4n) is 3.11. The Hall–Kier alpha value is -2.88. The lowest BCUT2D eigenvalue weighted by Crippen LogP contribution is -2.27. The van der Waals surface area contributed by atoms with E-state index in [1.54, 1.807) is 0 Å². The average Bonchev–Trinajstić information content (AvgIpc) is 3.17. The molecule has 27 heavy (non-hydrogen) atoms. The molecule has 1 aromatic heterocycles. The molecule has 1 heterocycles. The standard InChI is InChI=1S/C23H27N3O/c1-18-12-14-20(15-13-18)23(27)26(2)16-8-4-7-11-21-17-22(25-24-21)19-9-5-3-6-10-19/h3,5-6,9-10,12-15,17H,4,7-8,11,16H2,1-2H3,(H,24,25). The van der Waals surface area contributed by atoms with Gasteiger partial charge >= 0.3 is 0 Å². The van der Waals surface area contributed by atoms with Crippen molar-refractivity contribution in [3.63, 3.8) is 0 Å². The Morgan fingerprint density at radius 1 is 1.00 bits per heavy atom. The van der Waals surface area contributed by atoms with Gasteiger partial charge in [0.25, 0.3) is 5.91 Å². The van der Waals surface area contributed by atoms with Gasteiger partial charge in [0.2, 0.25) is 0 Å². The summed E-state index contributed by atoms with van der Waals surface area (Å²) in [6, 6.07) is 20.1. The van der Waals surface area contributed by atoms with Crippen molar-refractivity contribution in [3.8, 4) is 11.3 Å². The van der Waals surface area contributed by atoms with Crippen LogP contribution in [0.5, 0.6) is 0 Å². The third-order valence-corrected chi connectivity index (χ3v) is 4.79. The first-order valence-corrected chi connectivity index (χ1v) is 9.55. The van der Waals surface area contributed by atoms with Gasteiger partial charge in [0.1, 0.15) is 0 Å². The first-order chi connectivity index (χ1) is 13.1. The molecule has 3 aromatic rings. The molecule has 0 bridgehead atoms. The molecule has 0 spiro atoms. The molecule has 2 aromatic carbocycles. The molecule has 0 radical (unpaired) electrons. The molecule has 4 nitrogen and oxygen atoms in total. The second-order valence-electron chi connectivity index (χ2n) is 7.05. The molecule has 0 saturated carbocycles. The van der Waals surface area contributed by atoms with Gasteiger partial charge in [0, 0.05) is 30.4 Å². The Labute approximate surface area is 161 Å². The molecule has 0 fully saturated rings. The lowest BCUT2D eigenvalue weighted by molar-refractivity contribution is 0.0792. The van der Waals surface area contributed by atoms with Crippen LogP contribution in [0, 0.1) is 6.92 Å². The number of amides is 1. The van der Waals surface area contributed by atoms with Crippen LogP contribution in [0.3, 0.4) is 0 Å². The lowest BCUT2D eigenvalue weighted by atomic mass is 10.1. The number of H-pyrrole nitrogens is 1. The minimum Gasteiger partial charge on any atom is -0.342 e. The second-order valence-corrected chi connectivity index (χ2v) is 7.05. The van der Waals surface area contributed by atoms with Crippen molar-refractivity contribution in [2.24, 2.45) is 0 Å². The second kappa shape index (κ2) is 9.17. The summed E-state index contributed by atoms with van der Waals surface area (Å²) in [5.41, 5.74) is 5.22. The molecule has 4 heteroatoms. The smallest absolute Gasteiger partial charge is 0.253 e. The maximum atomic E-state index is 12.4. The molecule has 0 atom stereocenters. The number of nitrogens with one attached hydrogen (secondary N) is 1. The number of rotatable bonds is 8. The number of unbranched alkanes of at least 4 members (excludes halogenated alkanes) is 2. The van der Waals surface area contributed by atoms with Crippen molar-refractivity contribution in [2.75, 3.05) is 13.6 Å². The SMILES string of the molecule is Cc1ccc(C(=O)N(C)CCCCCc2cc(-c3ccccc3)n[nH]2)cc1. The molecule has 0 aliphatic rings.